The molecule has 1 aromatic rings. The Bertz CT molecular complexity index is 361. The minimum Gasteiger partial charge on any atom is -0.271 e. The summed E-state index contributed by atoms with van der Waals surface area (Å²) >= 11 is 3.56. The predicted octanol–water partition coefficient (Wildman–Crippen LogP) is 3.72. The summed E-state index contributed by atoms with van der Waals surface area (Å²) in [5, 5.41) is 0.343. The minimum atomic E-state index is -0.177. The second-order valence-corrected chi connectivity index (χ2v) is 5.98. The fraction of sp³-hybridized carbons (Fsp3) is 0.364. The molecule has 0 radical (unpaired) electrons. The van der Waals surface area contributed by atoms with E-state index < -0.39 is 0 Å². The largest absolute Gasteiger partial charge is 0.271 e. The van der Waals surface area contributed by atoms with Crippen molar-refractivity contribution in [2.45, 2.75) is 12.2 Å². The average Bonchev–Trinajstić information content (AvgIpc) is 2.71. The van der Waals surface area contributed by atoms with Crippen LogP contribution >= 0.6 is 23.5 Å². The number of rotatable bonds is 2. The van der Waals surface area contributed by atoms with Crippen molar-refractivity contribution in [3.8, 4) is 0 Å². The molecule has 0 amide bonds. The van der Waals surface area contributed by atoms with Crippen LogP contribution in [0.1, 0.15) is 17.7 Å². The molecular formula is C11H12FNS2. The first-order valence-electron chi connectivity index (χ1n) is 4.85. The van der Waals surface area contributed by atoms with E-state index in [1.54, 1.807) is 11.8 Å². The maximum absolute atomic E-state index is 12.7. The van der Waals surface area contributed by atoms with E-state index in [0.717, 1.165) is 22.2 Å². The van der Waals surface area contributed by atoms with Crippen molar-refractivity contribution in [3.63, 3.8) is 0 Å². The summed E-state index contributed by atoms with van der Waals surface area (Å²) < 4.78 is 13.9. The monoisotopic (exact) mass is 241 g/mol. The Labute approximate surface area is 97.6 Å². The van der Waals surface area contributed by atoms with E-state index in [2.05, 4.69) is 11.9 Å². The Hall–Kier alpha value is -0.480. The molecule has 0 N–H and O–H groups in total. The summed E-state index contributed by atoms with van der Waals surface area (Å²) in [5.41, 5.74) is 1.15. The van der Waals surface area contributed by atoms with Gasteiger partial charge in [0.05, 0.1) is 6.54 Å². The van der Waals surface area contributed by atoms with Crippen LogP contribution in [0.2, 0.25) is 0 Å². The maximum atomic E-state index is 12.7. The van der Waals surface area contributed by atoms with Gasteiger partial charge in [-0.2, -0.15) is 0 Å². The Morgan fingerprint density at radius 1 is 1.40 bits per heavy atom. The van der Waals surface area contributed by atoms with Crippen molar-refractivity contribution in [2.75, 3.05) is 12.3 Å². The van der Waals surface area contributed by atoms with Gasteiger partial charge < -0.3 is 0 Å². The summed E-state index contributed by atoms with van der Waals surface area (Å²) in [4.78, 5) is 4.39. The number of hydrogen-bond donors (Lipinski definition) is 0. The highest BCUT2D eigenvalue weighted by atomic mass is 32.2. The number of nitrogens with zero attached hydrogens (tertiary/aromatic N) is 1. The molecule has 0 aliphatic carbocycles. The van der Waals surface area contributed by atoms with Gasteiger partial charge in [-0.05, 0) is 24.6 Å². The van der Waals surface area contributed by atoms with Gasteiger partial charge in [0.25, 0.3) is 0 Å². The van der Waals surface area contributed by atoms with Crippen molar-refractivity contribution in [3.05, 3.63) is 35.6 Å². The molecule has 0 fully saturated rings. The van der Waals surface area contributed by atoms with E-state index in [4.69, 9.17) is 0 Å². The molecule has 1 heterocycles. The quantitative estimate of drug-likeness (QED) is 0.782. The molecule has 1 nitrogen and oxygen atoms in total. The lowest BCUT2D eigenvalue weighted by atomic mass is 10.2. The minimum absolute atomic E-state index is 0.177. The van der Waals surface area contributed by atoms with Crippen LogP contribution in [0.15, 0.2) is 29.3 Å². The Morgan fingerprint density at radius 3 is 2.73 bits per heavy atom. The zero-order chi connectivity index (χ0) is 10.7. The van der Waals surface area contributed by atoms with E-state index in [1.807, 2.05) is 23.9 Å². The fourth-order valence-corrected chi connectivity index (χ4v) is 3.60. The van der Waals surface area contributed by atoms with Gasteiger partial charge in [0.1, 0.15) is 10.2 Å². The summed E-state index contributed by atoms with van der Waals surface area (Å²) in [6.45, 7) is 3.06. The smallest absolute Gasteiger partial charge is 0.125 e. The standard InChI is InChI=1S/C11H12FNS2/c1-8(15-11-13-6-7-14-11)9-2-4-10(12)5-3-9/h2-5,8H,6-7H2,1H3. The molecule has 0 saturated carbocycles. The van der Waals surface area contributed by atoms with E-state index in [0.29, 0.717) is 5.25 Å². The van der Waals surface area contributed by atoms with Crippen molar-refractivity contribution in [1.29, 1.82) is 0 Å². The Kier molecular flexibility index (Phi) is 3.70. The summed E-state index contributed by atoms with van der Waals surface area (Å²) in [6, 6.07) is 6.70. The lowest BCUT2D eigenvalue weighted by Crippen LogP contribution is -1.91. The number of thioether (sulfide) groups is 2. The van der Waals surface area contributed by atoms with E-state index >= 15 is 0 Å². The second-order valence-electron chi connectivity index (χ2n) is 3.31. The molecule has 80 valence electrons. The van der Waals surface area contributed by atoms with Gasteiger partial charge in [0.2, 0.25) is 0 Å². The highest BCUT2D eigenvalue weighted by Crippen LogP contribution is 2.34. The molecule has 1 aromatic carbocycles. The van der Waals surface area contributed by atoms with E-state index in [9.17, 15) is 4.39 Å². The van der Waals surface area contributed by atoms with Gasteiger partial charge in [0.15, 0.2) is 0 Å². The van der Waals surface area contributed by atoms with Gasteiger partial charge in [-0.25, -0.2) is 4.39 Å². The zero-order valence-corrected chi connectivity index (χ0v) is 10.1. The molecule has 1 unspecified atom stereocenters. The summed E-state index contributed by atoms with van der Waals surface area (Å²) in [6.07, 6.45) is 0. The fourth-order valence-electron chi connectivity index (χ4n) is 1.34. The third-order valence-electron chi connectivity index (χ3n) is 2.17. The number of halogens is 1. The van der Waals surface area contributed by atoms with Gasteiger partial charge in [-0.3, -0.25) is 4.99 Å². The van der Waals surface area contributed by atoms with Crippen LogP contribution < -0.4 is 0 Å². The SMILES string of the molecule is CC(SC1=NCCS1)c1ccc(F)cc1. The third kappa shape index (κ3) is 2.98. The van der Waals surface area contributed by atoms with Crippen molar-refractivity contribution in [2.24, 2.45) is 4.99 Å². The lowest BCUT2D eigenvalue weighted by Gasteiger charge is -2.10. The first-order valence-corrected chi connectivity index (χ1v) is 6.71. The highest BCUT2D eigenvalue weighted by Gasteiger charge is 2.13. The lowest BCUT2D eigenvalue weighted by molar-refractivity contribution is 0.627. The first-order chi connectivity index (χ1) is 7.25. The van der Waals surface area contributed by atoms with Crippen molar-refractivity contribution >= 4 is 27.9 Å². The average molecular weight is 241 g/mol. The van der Waals surface area contributed by atoms with Crippen LogP contribution in [0.4, 0.5) is 4.39 Å². The van der Waals surface area contributed by atoms with Crippen LogP contribution in [0.5, 0.6) is 0 Å². The molecular weight excluding hydrogens is 229 g/mol. The van der Waals surface area contributed by atoms with Crippen LogP contribution in [-0.4, -0.2) is 16.7 Å². The normalized spacial score (nSPS) is 17.6. The molecule has 0 aromatic heterocycles. The molecule has 4 heteroatoms. The van der Waals surface area contributed by atoms with E-state index in [-0.39, 0.29) is 5.82 Å². The van der Waals surface area contributed by atoms with Crippen LogP contribution in [0, 0.1) is 5.82 Å². The highest BCUT2D eigenvalue weighted by molar-refractivity contribution is 8.39. The molecule has 15 heavy (non-hydrogen) atoms. The number of aliphatic imine (C=N–C) groups is 1. The first kappa shape index (κ1) is 11.0. The molecule has 0 spiro atoms. The molecule has 1 aliphatic rings. The van der Waals surface area contributed by atoms with Gasteiger partial charge in [-0.1, -0.05) is 35.7 Å². The Balaban J connectivity index is 2.00. The maximum Gasteiger partial charge on any atom is 0.125 e. The van der Waals surface area contributed by atoms with Gasteiger partial charge >= 0.3 is 0 Å². The molecule has 0 saturated heterocycles. The molecule has 1 aliphatic heterocycles. The molecule has 1 atom stereocenters. The van der Waals surface area contributed by atoms with E-state index in [1.165, 1.54) is 12.1 Å². The zero-order valence-electron chi connectivity index (χ0n) is 8.44. The van der Waals surface area contributed by atoms with Crippen LogP contribution in [-0.2, 0) is 0 Å². The van der Waals surface area contributed by atoms with Gasteiger partial charge in [-0.15, -0.1) is 0 Å². The topological polar surface area (TPSA) is 12.4 Å². The number of benzene rings is 1. The van der Waals surface area contributed by atoms with Crippen LogP contribution in [0.25, 0.3) is 0 Å². The second kappa shape index (κ2) is 5.03. The summed E-state index contributed by atoms with van der Waals surface area (Å²) in [7, 11) is 0. The van der Waals surface area contributed by atoms with Crippen molar-refractivity contribution < 1.29 is 4.39 Å². The number of hydrogen-bond acceptors (Lipinski definition) is 3. The molecule has 2 rings (SSSR count). The van der Waals surface area contributed by atoms with Gasteiger partial charge in [0, 0.05) is 11.0 Å². The summed E-state index contributed by atoms with van der Waals surface area (Å²) in [5.74, 6) is 0.918. The third-order valence-corrected chi connectivity index (χ3v) is 4.54. The van der Waals surface area contributed by atoms with Crippen molar-refractivity contribution in [1.82, 2.24) is 0 Å². The Morgan fingerprint density at radius 2 is 2.13 bits per heavy atom. The predicted molar refractivity (Wildman–Crippen MR) is 67.2 cm³/mol. The molecule has 0 bridgehead atoms. The van der Waals surface area contributed by atoms with Crippen LogP contribution in [0.3, 0.4) is 0 Å².